The summed E-state index contributed by atoms with van der Waals surface area (Å²) in [4.78, 5) is 39.3. The van der Waals surface area contributed by atoms with E-state index in [0.717, 1.165) is 31.6 Å². The predicted octanol–water partition coefficient (Wildman–Crippen LogP) is 3.50. The Morgan fingerprint density at radius 1 is 0.971 bits per heavy atom. The van der Waals surface area contributed by atoms with E-state index in [-0.39, 0.29) is 17.2 Å². The van der Waals surface area contributed by atoms with Crippen molar-refractivity contribution in [3.05, 3.63) is 81.1 Å². The van der Waals surface area contributed by atoms with Crippen molar-refractivity contribution in [2.24, 2.45) is 0 Å². The molecule has 180 valence electrons. The molecule has 0 bridgehead atoms. The molecule has 0 aliphatic heterocycles. The van der Waals surface area contributed by atoms with Crippen LogP contribution in [0.5, 0.6) is 0 Å². The zero-order valence-corrected chi connectivity index (χ0v) is 20.7. The van der Waals surface area contributed by atoms with Gasteiger partial charge in [0.1, 0.15) is 0 Å². The Kier molecular flexibility index (Phi) is 8.89. The molecule has 0 N–H and O–H groups in total. The lowest BCUT2D eigenvalue weighted by Crippen LogP contribution is -2.30. The Morgan fingerprint density at radius 3 is 2.15 bits per heavy atom. The van der Waals surface area contributed by atoms with Gasteiger partial charge in [0.15, 0.2) is 11.2 Å². The first kappa shape index (κ1) is 25.9. The van der Waals surface area contributed by atoms with Crippen LogP contribution < -0.4 is 10.5 Å². The number of aromatic nitrogens is 1. The predicted molar refractivity (Wildman–Crippen MR) is 134 cm³/mol. The molecule has 1 aromatic heterocycles. The van der Waals surface area contributed by atoms with Gasteiger partial charge in [-0.15, -0.1) is 23.2 Å². The van der Waals surface area contributed by atoms with E-state index < -0.39 is 17.0 Å². The van der Waals surface area contributed by atoms with Crippen LogP contribution in [-0.4, -0.2) is 52.6 Å². The van der Waals surface area contributed by atoms with Gasteiger partial charge in [-0.05, 0) is 38.0 Å². The number of aromatic carboxylic acids is 1. The fourth-order valence-electron chi connectivity index (χ4n) is 3.91. The summed E-state index contributed by atoms with van der Waals surface area (Å²) in [5.41, 5.74) is 1.55. The molecule has 0 saturated carbocycles. The van der Waals surface area contributed by atoms with Crippen molar-refractivity contribution in [3.8, 4) is 0 Å². The number of halogens is 2. The molecule has 1 heterocycles. The van der Waals surface area contributed by atoms with Crippen LogP contribution >= 0.6 is 23.2 Å². The molecule has 0 amide bonds. The summed E-state index contributed by atoms with van der Waals surface area (Å²) in [6, 6.07) is 12.0. The fraction of sp³-hybridized carbons (Fsp3) is 0.346. The molecular formula is C26H27Cl2N2O4-. The van der Waals surface area contributed by atoms with Crippen molar-refractivity contribution in [2.45, 2.75) is 26.3 Å². The van der Waals surface area contributed by atoms with Crippen molar-refractivity contribution in [3.63, 3.8) is 0 Å². The summed E-state index contributed by atoms with van der Waals surface area (Å²) in [6.45, 7) is 6.13. The molecule has 2 aromatic carbocycles. The molecule has 0 atom stereocenters. The smallest absolute Gasteiger partial charge is 0.198 e. The van der Waals surface area contributed by atoms with Crippen molar-refractivity contribution >= 4 is 45.9 Å². The van der Waals surface area contributed by atoms with E-state index >= 15 is 0 Å². The molecule has 0 unspecified atom stereocenters. The molecule has 0 aliphatic carbocycles. The van der Waals surface area contributed by atoms with E-state index in [0.29, 0.717) is 28.4 Å². The maximum Gasteiger partial charge on any atom is 0.198 e. The zero-order chi connectivity index (χ0) is 24.8. The minimum atomic E-state index is -1.52. The van der Waals surface area contributed by atoms with Crippen LogP contribution in [0.15, 0.2) is 53.5 Å². The molecule has 34 heavy (non-hydrogen) atoms. The van der Waals surface area contributed by atoms with Crippen molar-refractivity contribution in [1.82, 2.24) is 9.47 Å². The van der Waals surface area contributed by atoms with Crippen molar-refractivity contribution in [1.29, 1.82) is 0 Å². The van der Waals surface area contributed by atoms with E-state index in [1.54, 1.807) is 28.8 Å². The molecular weight excluding hydrogens is 475 g/mol. The van der Waals surface area contributed by atoms with Gasteiger partial charge in [0, 0.05) is 60.1 Å². The van der Waals surface area contributed by atoms with E-state index in [2.05, 4.69) is 4.90 Å². The van der Waals surface area contributed by atoms with Crippen LogP contribution in [0.1, 0.15) is 51.7 Å². The molecule has 8 heteroatoms. The van der Waals surface area contributed by atoms with Gasteiger partial charge >= 0.3 is 0 Å². The normalized spacial score (nSPS) is 11.5. The number of pyridine rings is 1. The number of fused-ring (bicyclic) bond motifs is 1. The van der Waals surface area contributed by atoms with Gasteiger partial charge in [0.25, 0.3) is 0 Å². The number of alkyl halides is 2. The maximum atomic E-state index is 13.1. The Hall–Kier alpha value is -2.67. The summed E-state index contributed by atoms with van der Waals surface area (Å²) < 4.78 is 1.68. The van der Waals surface area contributed by atoms with E-state index in [9.17, 15) is 19.5 Å². The van der Waals surface area contributed by atoms with Crippen LogP contribution in [0, 0.1) is 0 Å². The van der Waals surface area contributed by atoms with Gasteiger partial charge in [0.05, 0.1) is 17.0 Å². The van der Waals surface area contributed by atoms with Gasteiger partial charge in [0.2, 0.25) is 0 Å². The molecule has 0 aliphatic rings. The highest BCUT2D eigenvalue weighted by atomic mass is 35.5. The molecule has 0 spiro atoms. The van der Waals surface area contributed by atoms with Crippen LogP contribution in [0.2, 0.25) is 0 Å². The van der Waals surface area contributed by atoms with Gasteiger partial charge in [-0.1, -0.05) is 30.3 Å². The maximum absolute atomic E-state index is 13.1. The summed E-state index contributed by atoms with van der Waals surface area (Å²) in [5, 5.41) is 11.6. The third-order valence-corrected chi connectivity index (χ3v) is 6.14. The number of carbonyl (C=O) groups is 2. The van der Waals surface area contributed by atoms with Gasteiger partial charge in [-0.25, -0.2) is 0 Å². The second-order valence-corrected chi connectivity index (χ2v) is 9.14. The van der Waals surface area contributed by atoms with E-state index in [1.165, 1.54) is 12.3 Å². The number of ketones is 1. The van der Waals surface area contributed by atoms with Gasteiger partial charge in [-0.3, -0.25) is 9.59 Å². The minimum absolute atomic E-state index is 0.122. The minimum Gasteiger partial charge on any atom is -0.545 e. The van der Waals surface area contributed by atoms with Gasteiger partial charge in [-0.2, -0.15) is 0 Å². The lowest BCUT2D eigenvalue weighted by Gasteiger charge is -2.19. The standard InChI is InChI=1S/C26H28Cl2N2O4/c1-17(2)30-16-22(26(33)34)25(32)21-8-7-20(15-23(21)30)24(31)19-5-3-18(4-6-19)9-12-29(13-10-27)14-11-28/h3-8,15-17H,9-14H2,1-2H3,(H,33,34)/p-1. The number of carboxylic acid groups (broad SMARTS) is 1. The molecule has 0 radical (unpaired) electrons. The van der Waals surface area contributed by atoms with Crippen LogP contribution in [0.25, 0.3) is 10.9 Å². The molecule has 3 aromatic rings. The first-order valence-electron chi connectivity index (χ1n) is 11.1. The summed E-state index contributed by atoms with van der Waals surface area (Å²) in [7, 11) is 0. The highest BCUT2D eigenvalue weighted by Gasteiger charge is 2.16. The Bertz CT molecular complexity index is 1230. The van der Waals surface area contributed by atoms with Crippen LogP contribution in [-0.2, 0) is 6.42 Å². The quantitative estimate of drug-likeness (QED) is 0.296. The lowest BCUT2D eigenvalue weighted by atomic mass is 9.99. The number of carbonyl (C=O) groups excluding carboxylic acids is 2. The van der Waals surface area contributed by atoms with E-state index in [1.807, 2.05) is 26.0 Å². The molecule has 3 rings (SSSR count). The zero-order valence-electron chi connectivity index (χ0n) is 19.2. The third kappa shape index (κ3) is 5.87. The molecule has 0 fully saturated rings. The number of hydrogen-bond acceptors (Lipinski definition) is 5. The summed E-state index contributed by atoms with van der Waals surface area (Å²) >= 11 is 11.7. The number of hydrogen-bond donors (Lipinski definition) is 0. The fourth-order valence-corrected chi connectivity index (χ4v) is 4.39. The average molecular weight is 502 g/mol. The monoisotopic (exact) mass is 501 g/mol. The Balaban J connectivity index is 1.87. The second-order valence-electron chi connectivity index (χ2n) is 8.39. The lowest BCUT2D eigenvalue weighted by molar-refractivity contribution is -0.255. The summed E-state index contributed by atoms with van der Waals surface area (Å²) in [5.74, 6) is -0.592. The van der Waals surface area contributed by atoms with Gasteiger partial charge < -0.3 is 19.4 Å². The first-order valence-corrected chi connectivity index (χ1v) is 12.2. The molecule has 6 nitrogen and oxygen atoms in total. The van der Waals surface area contributed by atoms with Crippen molar-refractivity contribution in [2.75, 3.05) is 31.4 Å². The van der Waals surface area contributed by atoms with Crippen LogP contribution in [0.3, 0.4) is 0 Å². The highest BCUT2D eigenvalue weighted by Crippen LogP contribution is 2.21. The number of nitrogens with zero attached hydrogens (tertiary/aromatic N) is 2. The van der Waals surface area contributed by atoms with Crippen LogP contribution in [0.4, 0.5) is 0 Å². The average Bonchev–Trinajstić information content (AvgIpc) is 2.82. The number of benzene rings is 2. The third-order valence-electron chi connectivity index (χ3n) is 5.81. The summed E-state index contributed by atoms with van der Waals surface area (Å²) in [6.07, 6.45) is 2.10. The number of carboxylic acids is 1. The SMILES string of the molecule is CC(C)n1cc(C(=O)[O-])c(=O)c2ccc(C(=O)c3ccc(CCN(CCCl)CCCl)cc3)cc21. The highest BCUT2D eigenvalue weighted by molar-refractivity contribution is 6.18. The van der Waals surface area contributed by atoms with Crippen molar-refractivity contribution < 1.29 is 14.7 Å². The van der Waals surface area contributed by atoms with E-state index in [4.69, 9.17) is 23.2 Å². The second kappa shape index (κ2) is 11.6. The Labute approximate surface area is 208 Å². The Morgan fingerprint density at radius 2 is 1.59 bits per heavy atom. The number of rotatable bonds is 11. The largest absolute Gasteiger partial charge is 0.545 e. The molecule has 0 saturated heterocycles. The first-order chi connectivity index (χ1) is 16.3. The topological polar surface area (TPSA) is 82.4 Å².